The second-order valence-corrected chi connectivity index (χ2v) is 12.5. The molecule has 0 aromatic heterocycles. The average Bonchev–Trinajstić information content (AvgIpc) is 2.84. The van der Waals surface area contributed by atoms with Gasteiger partial charge in [0.15, 0.2) is 0 Å². The standard InChI is InChI=1S/C25H26ClFN2O3S2/c1-28(2)34(31,32)21-10-8-20(9-11-21)33(30)25-6-4-3-5-24(25)29-15-13-18(14-16-29)22-12-7-19(26)17-23(22)27/h3-12,17-18H,13-16H2,1-2H3. The van der Waals surface area contributed by atoms with E-state index in [1.165, 1.54) is 32.3 Å². The van der Waals surface area contributed by atoms with E-state index in [1.54, 1.807) is 24.3 Å². The van der Waals surface area contributed by atoms with E-state index in [-0.39, 0.29) is 16.6 Å². The van der Waals surface area contributed by atoms with E-state index >= 15 is 0 Å². The molecule has 9 heteroatoms. The van der Waals surface area contributed by atoms with Gasteiger partial charge in [0.25, 0.3) is 0 Å². The summed E-state index contributed by atoms with van der Waals surface area (Å²) in [5, 5.41) is 0.391. The Bertz CT molecular complexity index is 1310. The number of nitrogens with zero attached hydrogens (tertiary/aromatic N) is 2. The Morgan fingerprint density at radius 3 is 2.26 bits per heavy atom. The zero-order valence-electron chi connectivity index (χ0n) is 18.9. The molecule has 1 aliphatic rings. The van der Waals surface area contributed by atoms with Gasteiger partial charge in [0, 0.05) is 37.1 Å². The first kappa shape index (κ1) is 24.9. The van der Waals surface area contributed by atoms with E-state index in [0.29, 0.717) is 33.5 Å². The second kappa shape index (κ2) is 10.2. The van der Waals surface area contributed by atoms with Gasteiger partial charge in [0.05, 0.1) is 26.3 Å². The molecule has 3 aromatic carbocycles. The van der Waals surface area contributed by atoms with E-state index in [0.717, 1.165) is 22.8 Å². The number of para-hydroxylation sites is 1. The van der Waals surface area contributed by atoms with Gasteiger partial charge in [-0.05, 0) is 72.9 Å². The fraction of sp³-hybridized carbons (Fsp3) is 0.280. The lowest BCUT2D eigenvalue weighted by atomic mass is 9.89. The van der Waals surface area contributed by atoms with Crippen molar-refractivity contribution in [3.8, 4) is 0 Å². The van der Waals surface area contributed by atoms with Crippen LogP contribution in [0.2, 0.25) is 5.02 Å². The molecule has 1 unspecified atom stereocenters. The summed E-state index contributed by atoms with van der Waals surface area (Å²) in [6.07, 6.45) is 1.55. The van der Waals surface area contributed by atoms with Crippen molar-refractivity contribution in [3.63, 3.8) is 0 Å². The normalized spacial score (nSPS) is 16.1. The van der Waals surface area contributed by atoms with Gasteiger partial charge in [-0.2, -0.15) is 0 Å². The van der Waals surface area contributed by atoms with Gasteiger partial charge in [-0.1, -0.05) is 29.8 Å². The smallest absolute Gasteiger partial charge is 0.242 e. The van der Waals surface area contributed by atoms with Crippen LogP contribution in [0.1, 0.15) is 24.3 Å². The van der Waals surface area contributed by atoms with Crippen LogP contribution in [0.15, 0.2) is 81.4 Å². The Kier molecular flexibility index (Phi) is 7.42. The third kappa shape index (κ3) is 5.05. The van der Waals surface area contributed by atoms with Crippen LogP contribution in [0.3, 0.4) is 0 Å². The summed E-state index contributed by atoms with van der Waals surface area (Å²) in [6.45, 7) is 1.42. The summed E-state index contributed by atoms with van der Waals surface area (Å²) in [6, 6.07) is 18.5. The number of halogens is 2. The minimum absolute atomic E-state index is 0.109. The Morgan fingerprint density at radius 1 is 1.00 bits per heavy atom. The van der Waals surface area contributed by atoms with Crippen molar-refractivity contribution in [2.45, 2.75) is 33.4 Å². The number of rotatable bonds is 6. The van der Waals surface area contributed by atoms with E-state index < -0.39 is 20.8 Å². The molecule has 1 heterocycles. The van der Waals surface area contributed by atoms with Gasteiger partial charge in [-0.15, -0.1) is 0 Å². The van der Waals surface area contributed by atoms with Gasteiger partial charge < -0.3 is 4.90 Å². The van der Waals surface area contributed by atoms with Crippen molar-refractivity contribution >= 4 is 38.1 Å². The Labute approximate surface area is 207 Å². The molecular weight excluding hydrogens is 495 g/mol. The third-order valence-electron chi connectivity index (χ3n) is 6.12. The van der Waals surface area contributed by atoms with Gasteiger partial charge in [0.2, 0.25) is 10.0 Å². The number of benzene rings is 3. The molecule has 0 aliphatic carbocycles. The van der Waals surface area contributed by atoms with Crippen LogP contribution in [0.5, 0.6) is 0 Å². The number of piperidine rings is 1. The van der Waals surface area contributed by atoms with Gasteiger partial charge in [0.1, 0.15) is 5.82 Å². The number of sulfonamides is 1. The van der Waals surface area contributed by atoms with Crippen LogP contribution in [0, 0.1) is 5.82 Å². The lowest BCUT2D eigenvalue weighted by Gasteiger charge is -2.35. The van der Waals surface area contributed by atoms with Crippen molar-refractivity contribution in [1.82, 2.24) is 4.31 Å². The predicted octanol–water partition coefficient (Wildman–Crippen LogP) is 5.28. The van der Waals surface area contributed by atoms with Crippen LogP contribution in [-0.4, -0.2) is 44.1 Å². The van der Waals surface area contributed by atoms with Crippen LogP contribution in [0.25, 0.3) is 0 Å². The molecule has 0 bridgehead atoms. The molecule has 0 amide bonds. The lowest BCUT2D eigenvalue weighted by Crippen LogP contribution is -2.33. The van der Waals surface area contributed by atoms with E-state index in [4.69, 9.17) is 11.6 Å². The quantitative estimate of drug-likeness (QED) is 0.443. The summed E-state index contributed by atoms with van der Waals surface area (Å²) in [5.41, 5.74) is 1.56. The average molecular weight is 521 g/mol. The summed E-state index contributed by atoms with van der Waals surface area (Å²) >= 11 is 5.89. The molecule has 1 fully saturated rings. The number of anilines is 1. The summed E-state index contributed by atoms with van der Waals surface area (Å²) in [7, 11) is -2.08. The highest BCUT2D eigenvalue weighted by Crippen LogP contribution is 2.35. The van der Waals surface area contributed by atoms with Crippen LogP contribution in [-0.2, 0) is 20.8 Å². The van der Waals surface area contributed by atoms with Gasteiger partial charge in [-0.25, -0.2) is 21.3 Å². The van der Waals surface area contributed by atoms with Gasteiger partial charge in [-0.3, -0.25) is 0 Å². The fourth-order valence-corrected chi connectivity index (χ4v) is 6.50. The molecule has 4 rings (SSSR count). The first-order valence-electron chi connectivity index (χ1n) is 10.9. The monoisotopic (exact) mass is 520 g/mol. The van der Waals surface area contributed by atoms with Crippen LogP contribution >= 0.6 is 11.6 Å². The molecule has 0 radical (unpaired) electrons. The predicted molar refractivity (Wildman–Crippen MR) is 134 cm³/mol. The fourth-order valence-electron chi connectivity index (χ4n) is 4.21. The lowest BCUT2D eigenvalue weighted by molar-refractivity contribution is 0.480. The Balaban J connectivity index is 1.53. The summed E-state index contributed by atoms with van der Waals surface area (Å²) < 4.78 is 53.6. The maximum absolute atomic E-state index is 14.4. The molecule has 1 saturated heterocycles. The highest BCUT2D eigenvalue weighted by Gasteiger charge is 2.26. The van der Waals surface area contributed by atoms with Crippen molar-refractivity contribution in [2.75, 3.05) is 32.1 Å². The minimum Gasteiger partial charge on any atom is -0.371 e. The van der Waals surface area contributed by atoms with Crippen LogP contribution in [0.4, 0.5) is 10.1 Å². The number of hydrogen-bond donors (Lipinski definition) is 0. The zero-order chi connectivity index (χ0) is 24.5. The molecule has 0 saturated carbocycles. The van der Waals surface area contributed by atoms with Crippen LogP contribution < -0.4 is 4.90 Å². The van der Waals surface area contributed by atoms with E-state index in [2.05, 4.69) is 4.90 Å². The van der Waals surface area contributed by atoms with Crippen molar-refractivity contribution in [2.24, 2.45) is 0 Å². The number of hydrogen-bond acceptors (Lipinski definition) is 4. The molecule has 3 aromatic rings. The molecule has 180 valence electrons. The van der Waals surface area contributed by atoms with Crippen molar-refractivity contribution in [3.05, 3.63) is 83.1 Å². The molecule has 0 N–H and O–H groups in total. The van der Waals surface area contributed by atoms with E-state index in [9.17, 15) is 17.0 Å². The highest BCUT2D eigenvalue weighted by molar-refractivity contribution is 7.89. The first-order valence-corrected chi connectivity index (χ1v) is 13.9. The van der Waals surface area contributed by atoms with E-state index in [1.807, 2.05) is 24.3 Å². The Morgan fingerprint density at radius 2 is 1.65 bits per heavy atom. The molecular formula is C25H26ClFN2O3S2. The topological polar surface area (TPSA) is 57.7 Å². The molecule has 0 spiro atoms. The summed E-state index contributed by atoms with van der Waals surface area (Å²) in [5.74, 6) is -0.162. The molecule has 5 nitrogen and oxygen atoms in total. The minimum atomic E-state index is -3.55. The van der Waals surface area contributed by atoms with Crippen molar-refractivity contribution < 1.29 is 17.0 Å². The maximum atomic E-state index is 14.4. The Hall–Kier alpha value is -2.26. The van der Waals surface area contributed by atoms with Crippen molar-refractivity contribution in [1.29, 1.82) is 0 Å². The first-order chi connectivity index (χ1) is 16.2. The SMILES string of the molecule is CN(C)S(=O)(=O)c1ccc(S(=O)c2ccccc2N2CCC(c3ccc(Cl)cc3F)CC2)cc1. The largest absolute Gasteiger partial charge is 0.371 e. The third-order valence-corrected chi connectivity index (χ3v) is 9.63. The molecule has 1 aliphatic heterocycles. The molecule has 34 heavy (non-hydrogen) atoms. The zero-order valence-corrected chi connectivity index (χ0v) is 21.3. The highest BCUT2D eigenvalue weighted by atomic mass is 35.5. The summed E-state index contributed by atoms with van der Waals surface area (Å²) in [4.78, 5) is 3.54. The second-order valence-electron chi connectivity index (χ2n) is 8.42. The van der Waals surface area contributed by atoms with Gasteiger partial charge >= 0.3 is 0 Å². The maximum Gasteiger partial charge on any atom is 0.242 e. The molecule has 1 atom stereocenters.